The Balaban J connectivity index is 2.01. The van der Waals surface area contributed by atoms with Gasteiger partial charge in [-0.25, -0.2) is 0 Å². The van der Waals surface area contributed by atoms with E-state index in [2.05, 4.69) is 10.3 Å². The molecule has 1 heterocycles. The van der Waals surface area contributed by atoms with Crippen LogP contribution in [0.5, 0.6) is 0 Å². The smallest absolute Gasteiger partial charge is 0.287 e. The fourth-order valence-corrected chi connectivity index (χ4v) is 2.97. The SMILES string of the molecule is CC(=O)C(=O)NCc1cccc(-c2ccc(C(N)=O)c3[nH]c(C)cc23)c1. The van der Waals surface area contributed by atoms with Crippen LogP contribution >= 0.6 is 0 Å². The molecule has 4 N–H and O–H groups in total. The Bertz CT molecular complexity index is 1030. The second kappa shape index (κ2) is 6.84. The third-order valence-electron chi connectivity index (χ3n) is 4.20. The molecule has 132 valence electrons. The van der Waals surface area contributed by atoms with Crippen LogP contribution in [0.15, 0.2) is 42.5 Å². The van der Waals surface area contributed by atoms with Crippen LogP contribution in [0.3, 0.4) is 0 Å². The Hall–Kier alpha value is -3.41. The zero-order valence-corrected chi connectivity index (χ0v) is 14.6. The van der Waals surface area contributed by atoms with Gasteiger partial charge in [0.2, 0.25) is 5.78 Å². The maximum Gasteiger partial charge on any atom is 0.287 e. The highest BCUT2D eigenvalue weighted by molar-refractivity contribution is 6.35. The number of aryl methyl sites for hydroxylation is 1. The number of nitrogens with one attached hydrogen (secondary N) is 2. The maximum atomic E-state index is 11.7. The van der Waals surface area contributed by atoms with Crippen molar-refractivity contribution in [2.75, 3.05) is 0 Å². The van der Waals surface area contributed by atoms with E-state index in [1.165, 1.54) is 6.92 Å². The van der Waals surface area contributed by atoms with Crippen molar-refractivity contribution in [3.8, 4) is 11.1 Å². The summed E-state index contributed by atoms with van der Waals surface area (Å²) < 4.78 is 0. The molecule has 0 bridgehead atoms. The molecule has 2 amide bonds. The molecule has 0 unspecified atom stereocenters. The largest absolute Gasteiger partial charge is 0.366 e. The van der Waals surface area contributed by atoms with E-state index in [1.54, 1.807) is 6.07 Å². The third-order valence-corrected chi connectivity index (χ3v) is 4.20. The number of aromatic nitrogens is 1. The highest BCUT2D eigenvalue weighted by Gasteiger charge is 2.14. The number of ketones is 1. The number of amides is 2. The molecule has 0 aliphatic rings. The average molecular weight is 349 g/mol. The molecule has 2 aromatic carbocycles. The first-order valence-corrected chi connectivity index (χ1v) is 8.17. The van der Waals surface area contributed by atoms with Gasteiger partial charge in [0.25, 0.3) is 11.8 Å². The Morgan fingerprint density at radius 3 is 2.58 bits per heavy atom. The van der Waals surface area contributed by atoms with E-state index < -0.39 is 17.6 Å². The van der Waals surface area contributed by atoms with Gasteiger partial charge in [-0.3, -0.25) is 14.4 Å². The first-order chi connectivity index (χ1) is 12.4. The Morgan fingerprint density at radius 1 is 1.12 bits per heavy atom. The zero-order chi connectivity index (χ0) is 18.8. The van der Waals surface area contributed by atoms with Gasteiger partial charge in [0.05, 0.1) is 11.1 Å². The van der Waals surface area contributed by atoms with E-state index in [-0.39, 0.29) is 6.54 Å². The molecule has 6 nitrogen and oxygen atoms in total. The molecule has 1 aromatic heterocycles. The summed E-state index contributed by atoms with van der Waals surface area (Å²) in [5, 5.41) is 3.49. The summed E-state index contributed by atoms with van der Waals surface area (Å²) in [5.74, 6) is -1.61. The van der Waals surface area contributed by atoms with Crippen molar-refractivity contribution in [2.45, 2.75) is 20.4 Å². The van der Waals surface area contributed by atoms with Crippen LogP contribution in [0.2, 0.25) is 0 Å². The Kier molecular flexibility index (Phi) is 4.58. The molecule has 3 rings (SSSR count). The molecule has 0 atom stereocenters. The lowest BCUT2D eigenvalue weighted by molar-refractivity contribution is -0.136. The predicted molar refractivity (Wildman–Crippen MR) is 99.5 cm³/mol. The first-order valence-electron chi connectivity index (χ1n) is 8.17. The molecular formula is C20H19N3O3. The van der Waals surface area contributed by atoms with E-state index in [0.717, 1.165) is 27.8 Å². The van der Waals surface area contributed by atoms with Crippen molar-refractivity contribution >= 4 is 28.5 Å². The number of benzene rings is 2. The van der Waals surface area contributed by atoms with Gasteiger partial charge in [-0.2, -0.15) is 0 Å². The van der Waals surface area contributed by atoms with Gasteiger partial charge >= 0.3 is 0 Å². The number of fused-ring (bicyclic) bond motifs is 1. The number of hydrogen-bond acceptors (Lipinski definition) is 3. The summed E-state index contributed by atoms with van der Waals surface area (Å²) in [6.07, 6.45) is 0. The quantitative estimate of drug-likeness (QED) is 0.616. The van der Waals surface area contributed by atoms with Crippen molar-refractivity contribution in [3.63, 3.8) is 0 Å². The molecule has 6 heteroatoms. The summed E-state index contributed by atoms with van der Waals surface area (Å²) in [6, 6.07) is 13.2. The molecule has 3 aromatic rings. The van der Waals surface area contributed by atoms with E-state index in [4.69, 9.17) is 5.73 Å². The molecule has 26 heavy (non-hydrogen) atoms. The van der Waals surface area contributed by atoms with Crippen LogP contribution in [0.25, 0.3) is 22.0 Å². The predicted octanol–water partition coefficient (Wildman–Crippen LogP) is 2.45. The fraction of sp³-hybridized carbons (Fsp3) is 0.150. The van der Waals surface area contributed by atoms with Crippen LogP contribution in [0, 0.1) is 6.92 Å². The molecule has 0 aliphatic heterocycles. The van der Waals surface area contributed by atoms with Gasteiger partial charge in [0.1, 0.15) is 0 Å². The first kappa shape index (κ1) is 17.4. The second-order valence-corrected chi connectivity index (χ2v) is 6.21. The van der Waals surface area contributed by atoms with Crippen LogP contribution in [0.1, 0.15) is 28.5 Å². The van der Waals surface area contributed by atoms with Gasteiger partial charge < -0.3 is 16.0 Å². The minimum atomic E-state index is -0.607. The molecule has 0 spiro atoms. The molecule has 0 fully saturated rings. The highest BCUT2D eigenvalue weighted by Crippen LogP contribution is 2.31. The summed E-state index contributed by atoms with van der Waals surface area (Å²) in [6.45, 7) is 3.42. The van der Waals surface area contributed by atoms with Crippen LogP contribution in [0.4, 0.5) is 0 Å². The molecular weight excluding hydrogens is 330 g/mol. The van der Waals surface area contributed by atoms with Crippen LogP contribution in [-0.4, -0.2) is 22.6 Å². The normalized spacial score (nSPS) is 10.7. The topological polar surface area (TPSA) is 105 Å². The van der Waals surface area contributed by atoms with Gasteiger partial charge in [0.15, 0.2) is 0 Å². The highest BCUT2D eigenvalue weighted by atomic mass is 16.2. The number of hydrogen-bond donors (Lipinski definition) is 3. The van der Waals surface area contributed by atoms with Crippen LogP contribution < -0.4 is 11.1 Å². The van der Waals surface area contributed by atoms with Crippen molar-refractivity contribution < 1.29 is 14.4 Å². The Labute approximate surface area is 150 Å². The van der Waals surface area contributed by atoms with Crippen molar-refractivity contribution in [2.24, 2.45) is 5.73 Å². The number of rotatable bonds is 5. The molecule has 0 saturated heterocycles. The monoisotopic (exact) mass is 349 g/mol. The summed E-state index contributed by atoms with van der Waals surface area (Å²) in [5.41, 5.74) is 10.3. The second-order valence-electron chi connectivity index (χ2n) is 6.21. The van der Waals surface area contributed by atoms with Gasteiger partial charge in [0, 0.05) is 24.5 Å². The Morgan fingerprint density at radius 2 is 1.88 bits per heavy atom. The minimum absolute atomic E-state index is 0.265. The van der Waals surface area contributed by atoms with E-state index in [1.807, 2.05) is 43.3 Å². The lowest BCUT2D eigenvalue weighted by Crippen LogP contribution is -2.28. The number of primary amides is 1. The number of H-pyrrole nitrogens is 1. The lowest BCUT2D eigenvalue weighted by atomic mass is 9.97. The number of carbonyl (C=O) groups excluding carboxylic acids is 3. The standard InChI is InChI=1S/C20H19N3O3/c1-11-8-17-15(6-7-16(19(21)25)18(17)23-11)14-5-3-4-13(9-14)10-22-20(26)12(2)24/h3-9,23H,10H2,1-2H3,(H2,21,25)(H,22,26). The number of aromatic amines is 1. The van der Waals surface area contributed by atoms with Gasteiger partial charge in [-0.05, 0) is 41.8 Å². The third kappa shape index (κ3) is 3.35. The maximum absolute atomic E-state index is 11.7. The number of carbonyl (C=O) groups is 3. The van der Waals surface area contributed by atoms with Crippen molar-refractivity contribution in [1.29, 1.82) is 0 Å². The fourth-order valence-electron chi connectivity index (χ4n) is 2.97. The van der Waals surface area contributed by atoms with Crippen molar-refractivity contribution in [1.82, 2.24) is 10.3 Å². The van der Waals surface area contributed by atoms with E-state index in [9.17, 15) is 14.4 Å². The lowest BCUT2D eigenvalue weighted by Gasteiger charge is -2.09. The minimum Gasteiger partial charge on any atom is -0.366 e. The van der Waals surface area contributed by atoms with Gasteiger partial charge in [-0.15, -0.1) is 0 Å². The van der Waals surface area contributed by atoms with E-state index >= 15 is 0 Å². The van der Waals surface area contributed by atoms with Crippen LogP contribution in [-0.2, 0) is 16.1 Å². The molecule has 0 radical (unpaired) electrons. The molecule has 0 saturated carbocycles. The van der Waals surface area contributed by atoms with Crippen molar-refractivity contribution in [3.05, 3.63) is 59.3 Å². The number of nitrogens with two attached hydrogens (primary N) is 1. The van der Waals surface area contributed by atoms with Gasteiger partial charge in [-0.1, -0.05) is 24.3 Å². The summed E-state index contributed by atoms with van der Waals surface area (Å²) in [7, 11) is 0. The van der Waals surface area contributed by atoms with E-state index in [0.29, 0.717) is 11.1 Å². The number of Topliss-reactive ketones (excluding diaryl/α,β-unsaturated/α-hetero) is 1. The average Bonchev–Trinajstić information content (AvgIpc) is 2.99. The zero-order valence-electron chi connectivity index (χ0n) is 14.6. The summed E-state index contributed by atoms with van der Waals surface area (Å²) >= 11 is 0. The molecule has 0 aliphatic carbocycles. The summed E-state index contributed by atoms with van der Waals surface area (Å²) in [4.78, 5) is 37.3.